The third-order valence-corrected chi connectivity index (χ3v) is 5.74. The summed E-state index contributed by atoms with van der Waals surface area (Å²) < 4.78 is 19.5. The Bertz CT molecular complexity index is 1210. The zero-order valence-electron chi connectivity index (χ0n) is 16.6. The van der Waals surface area contributed by atoms with E-state index in [-0.39, 0.29) is 12.4 Å². The molecule has 3 N–H and O–H groups in total. The Morgan fingerprint density at radius 3 is 2.87 bits per heavy atom. The molecule has 0 radical (unpaired) electrons. The van der Waals surface area contributed by atoms with Crippen molar-refractivity contribution < 1.29 is 14.2 Å². The van der Waals surface area contributed by atoms with Crippen molar-refractivity contribution >= 4 is 27.4 Å². The highest BCUT2D eigenvalue weighted by Crippen LogP contribution is 2.30. The van der Waals surface area contributed by atoms with E-state index in [0.29, 0.717) is 6.54 Å². The number of halogens is 1. The first-order valence-electron chi connectivity index (χ1n) is 10.2. The number of aromatic nitrogens is 2. The lowest BCUT2D eigenvalue weighted by atomic mass is 9.98. The van der Waals surface area contributed by atoms with Crippen LogP contribution in [0.2, 0.25) is 0 Å². The number of nitrogens with zero attached hydrogens (tertiary/aromatic N) is 1. The average Bonchev–Trinajstić information content (AvgIpc) is 3.40. The maximum Gasteiger partial charge on any atom is 0.128 e. The van der Waals surface area contributed by atoms with Crippen LogP contribution in [0.1, 0.15) is 12.0 Å². The van der Waals surface area contributed by atoms with Gasteiger partial charge in [0.15, 0.2) is 0 Å². The Labute approximate surface area is 173 Å². The molecule has 0 saturated heterocycles. The highest BCUT2D eigenvalue weighted by molar-refractivity contribution is 5.92. The summed E-state index contributed by atoms with van der Waals surface area (Å²) in [4.78, 5) is 8.59. The number of ether oxygens (including phenoxy) is 1. The van der Waals surface area contributed by atoms with Gasteiger partial charge in [-0.3, -0.25) is 4.90 Å². The maximum absolute atomic E-state index is 13.6. The molecule has 4 aromatic rings. The first-order valence-corrected chi connectivity index (χ1v) is 10.2. The standard InChI is InChI=1S/C24H24FN3O2/c25-17-4-5-23-20(12-17)21(13-27-23)16-7-10-28(11-8-16)14-18(29)15-30-24-3-1-2-22-19(24)6-9-26-22/h1-7,9,12-13,18,26-27,29H,8,10-11,14-15H2. The summed E-state index contributed by atoms with van der Waals surface area (Å²) in [6.45, 7) is 2.40. The van der Waals surface area contributed by atoms with E-state index in [1.807, 2.05) is 36.7 Å². The molecule has 0 saturated carbocycles. The maximum atomic E-state index is 13.6. The number of aliphatic hydroxyl groups is 1. The molecule has 1 unspecified atom stereocenters. The molecule has 1 aliphatic heterocycles. The Morgan fingerprint density at radius 1 is 1.10 bits per heavy atom. The first-order chi connectivity index (χ1) is 14.7. The van der Waals surface area contributed by atoms with Crippen LogP contribution in [0.4, 0.5) is 4.39 Å². The number of nitrogens with one attached hydrogen (secondary N) is 2. The highest BCUT2D eigenvalue weighted by atomic mass is 19.1. The van der Waals surface area contributed by atoms with Crippen LogP contribution in [0.5, 0.6) is 5.75 Å². The monoisotopic (exact) mass is 405 g/mol. The zero-order chi connectivity index (χ0) is 20.5. The van der Waals surface area contributed by atoms with Crippen LogP contribution in [0, 0.1) is 5.82 Å². The Kier molecular flexibility index (Phi) is 5.02. The van der Waals surface area contributed by atoms with Gasteiger partial charge in [0, 0.05) is 59.4 Å². The van der Waals surface area contributed by atoms with Crippen molar-refractivity contribution in [1.29, 1.82) is 0 Å². The molecule has 0 aliphatic carbocycles. The molecule has 2 aromatic carbocycles. The molecule has 154 valence electrons. The number of hydrogen-bond acceptors (Lipinski definition) is 3. The summed E-state index contributed by atoms with van der Waals surface area (Å²) in [7, 11) is 0. The fraction of sp³-hybridized carbons (Fsp3) is 0.250. The van der Waals surface area contributed by atoms with Gasteiger partial charge in [0.05, 0.1) is 0 Å². The summed E-state index contributed by atoms with van der Waals surface area (Å²) in [5, 5.41) is 12.4. The van der Waals surface area contributed by atoms with Gasteiger partial charge in [-0.1, -0.05) is 12.1 Å². The minimum atomic E-state index is -0.573. The number of benzene rings is 2. The van der Waals surface area contributed by atoms with Crippen LogP contribution >= 0.6 is 0 Å². The third-order valence-electron chi connectivity index (χ3n) is 5.74. The van der Waals surface area contributed by atoms with E-state index in [1.165, 1.54) is 11.6 Å². The zero-order valence-corrected chi connectivity index (χ0v) is 16.6. The normalized spacial score (nSPS) is 16.1. The molecule has 3 heterocycles. The summed E-state index contributed by atoms with van der Waals surface area (Å²) in [6.07, 6.45) is 6.30. The van der Waals surface area contributed by atoms with Gasteiger partial charge in [-0.15, -0.1) is 0 Å². The van der Waals surface area contributed by atoms with Gasteiger partial charge in [0.1, 0.15) is 24.3 Å². The molecule has 1 atom stereocenters. The smallest absolute Gasteiger partial charge is 0.128 e. The van der Waals surface area contributed by atoms with E-state index in [2.05, 4.69) is 20.9 Å². The summed E-state index contributed by atoms with van der Waals surface area (Å²) in [5.74, 6) is 0.556. The fourth-order valence-corrected chi connectivity index (χ4v) is 4.20. The SMILES string of the molecule is OC(COc1cccc2[nH]ccc12)CN1CC=C(c2c[nH]c3ccc(F)cc23)CC1. The lowest BCUT2D eigenvalue weighted by Crippen LogP contribution is -2.38. The van der Waals surface area contributed by atoms with Crippen LogP contribution in [0.15, 0.2) is 60.9 Å². The van der Waals surface area contributed by atoms with Gasteiger partial charge in [-0.05, 0) is 48.4 Å². The Hall–Kier alpha value is -3.09. The van der Waals surface area contributed by atoms with Crippen LogP contribution in [-0.2, 0) is 0 Å². The van der Waals surface area contributed by atoms with Crippen molar-refractivity contribution in [2.24, 2.45) is 0 Å². The first kappa shape index (κ1) is 18.9. The molecule has 0 bridgehead atoms. The lowest BCUT2D eigenvalue weighted by Gasteiger charge is -2.28. The number of β-amino-alcohol motifs (C(OH)–C–C–N with tert-alkyl or cyclic N) is 1. The van der Waals surface area contributed by atoms with Crippen LogP contribution in [0.25, 0.3) is 27.4 Å². The number of rotatable bonds is 6. The van der Waals surface area contributed by atoms with Crippen LogP contribution < -0.4 is 4.74 Å². The van der Waals surface area contributed by atoms with Gasteiger partial charge in [-0.2, -0.15) is 0 Å². The second kappa shape index (κ2) is 7.97. The van der Waals surface area contributed by atoms with E-state index >= 15 is 0 Å². The largest absolute Gasteiger partial charge is 0.490 e. The average molecular weight is 405 g/mol. The Morgan fingerprint density at radius 2 is 2.00 bits per heavy atom. The molecular weight excluding hydrogens is 381 g/mol. The van der Waals surface area contributed by atoms with E-state index in [9.17, 15) is 9.50 Å². The van der Waals surface area contributed by atoms with Gasteiger partial charge in [0.2, 0.25) is 0 Å². The molecule has 5 rings (SSSR count). The predicted molar refractivity (Wildman–Crippen MR) is 117 cm³/mol. The second-order valence-electron chi connectivity index (χ2n) is 7.79. The fourth-order valence-electron chi connectivity index (χ4n) is 4.20. The number of hydrogen-bond donors (Lipinski definition) is 3. The van der Waals surface area contributed by atoms with Gasteiger partial charge in [0.25, 0.3) is 0 Å². The number of H-pyrrole nitrogens is 2. The predicted octanol–water partition coefficient (Wildman–Crippen LogP) is 4.32. The van der Waals surface area contributed by atoms with Crippen molar-refractivity contribution in [3.8, 4) is 5.75 Å². The summed E-state index contributed by atoms with van der Waals surface area (Å²) >= 11 is 0. The molecule has 0 amide bonds. The highest BCUT2D eigenvalue weighted by Gasteiger charge is 2.18. The number of aliphatic hydroxyl groups excluding tert-OH is 1. The Balaban J connectivity index is 1.19. The third kappa shape index (κ3) is 3.72. The topological polar surface area (TPSA) is 64.3 Å². The number of aromatic amines is 2. The summed E-state index contributed by atoms with van der Waals surface area (Å²) in [6, 6.07) is 12.7. The van der Waals surface area contributed by atoms with Crippen LogP contribution in [-0.4, -0.2) is 52.3 Å². The molecule has 0 spiro atoms. The molecule has 30 heavy (non-hydrogen) atoms. The van der Waals surface area contributed by atoms with Crippen LogP contribution in [0.3, 0.4) is 0 Å². The molecule has 2 aromatic heterocycles. The van der Waals surface area contributed by atoms with Gasteiger partial charge >= 0.3 is 0 Å². The summed E-state index contributed by atoms with van der Waals surface area (Å²) in [5.41, 5.74) is 4.24. The van der Waals surface area contributed by atoms with Crippen molar-refractivity contribution in [2.45, 2.75) is 12.5 Å². The van der Waals surface area contributed by atoms with Gasteiger partial charge < -0.3 is 19.8 Å². The van der Waals surface area contributed by atoms with Crippen molar-refractivity contribution in [1.82, 2.24) is 14.9 Å². The second-order valence-corrected chi connectivity index (χ2v) is 7.79. The number of fused-ring (bicyclic) bond motifs is 2. The lowest BCUT2D eigenvalue weighted by molar-refractivity contribution is 0.0722. The minimum Gasteiger partial charge on any atom is -0.490 e. The molecule has 0 fully saturated rings. The molecule has 5 nitrogen and oxygen atoms in total. The molecule has 1 aliphatic rings. The van der Waals surface area contributed by atoms with Crippen molar-refractivity contribution in [3.05, 3.63) is 72.3 Å². The van der Waals surface area contributed by atoms with E-state index in [1.54, 1.807) is 12.1 Å². The van der Waals surface area contributed by atoms with E-state index in [4.69, 9.17) is 4.74 Å². The van der Waals surface area contributed by atoms with Crippen molar-refractivity contribution in [3.63, 3.8) is 0 Å². The molecular formula is C24H24FN3O2. The quantitative estimate of drug-likeness (QED) is 0.448. The van der Waals surface area contributed by atoms with Crippen molar-refractivity contribution in [2.75, 3.05) is 26.2 Å². The molecule has 6 heteroatoms. The minimum absolute atomic E-state index is 0.222. The van der Waals surface area contributed by atoms with E-state index < -0.39 is 6.10 Å². The van der Waals surface area contributed by atoms with Gasteiger partial charge in [-0.25, -0.2) is 4.39 Å². The van der Waals surface area contributed by atoms with E-state index in [0.717, 1.165) is 52.6 Å².